The van der Waals surface area contributed by atoms with Crippen molar-refractivity contribution in [3.05, 3.63) is 68.7 Å². The molecule has 0 bridgehead atoms. The minimum absolute atomic E-state index is 0.184. The lowest BCUT2D eigenvalue weighted by atomic mass is 9.84. The summed E-state index contributed by atoms with van der Waals surface area (Å²) in [4.78, 5) is 2.24. The minimum atomic E-state index is 0.184. The minimum Gasteiger partial charge on any atom is -0.301 e. The Kier molecular flexibility index (Phi) is 3.91. The van der Waals surface area contributed by atoms with Gasteiger partial charge in [-0.1, -0.05) is 35.3 Å². The fourth-order valence-electron chi connectivity index (χ4n) is 2.96. The van der Waals surface area contributed by atoms with Crippen LogP contribution in [0.4, 0.5) is 0 Å². The van der Waals surface area contributed by atoms with Crippen molar-refractivity contribution in [1.82, 2.24) is 4.90 Å². The van der Waals surface area contributed by atoms with Gasteiger partial charge in [0.05, 0.1) is 11.6 Å². The van der Waals surface area contributed by atoms with Crippen molar-refractivity contribution in [2.24, 2.45) is 0 Å². The molecule has 4 heteroatoms. The summed E-state index contributed by atoms with van der Waals surface area (Å²) in [7, 11) is 2.08. The van der Waals surface area contributed by atoms with Crippen molar-refractivity contribution in [2.75, 3.05) is 13.6 Å². The monoisotopic (exact) mass is 316 g/mol. The number of nitrogens with zero attached hydrogens (tertiary/aromatic N) is 2. The second kappa shape index (κ2) is 5.69. The first-order chi connectivity index (χ1) is 10.1. The molecule has 21 heavy (non-hydrogen) atoms. The van der Waals surface area contributed by atoms with Crippen LogP contribution >= 0.6 is 23.2 Å². The van der Waals surface area contributed by atoms with E-state index in [1.54, 1.807) is 6.07 Å². The highest BCUT2D eigenvalue weighted by Gasteiger charge is 2.27. The lowest BCUT2D eigenvalue weighted by Crippen LogP contribution is -2.31. The zero-order valence-corrected chi connectivity index (χ0v) is 13.1. The Balaban J connectivity index is 2.14. The maximum absolute atomic E-state index is 9.09. The highest BCUT2D eigenvalue weighted by atomic mass is 35.5. The van der Waals surface area contributed by atoms with Gasteiger partial charge in [0, 0.05) is 29.1 Å². The maximum atomic E-state index is 9.09. The van der Waals surface area contributed by atoms with Crippen molar-refractivity contribution < 1.29 is 0 Å². The number of likely N-dealkylation sites (N-methyl/N-ethyl adjacent to an activating group) is 1. The molecule has 2 nitrogen and oxygen atoms in total. The van der Waals surface area contributed by atoms with Crippen molar-refractivity contribution in [3.63, 3.8) is 0 Å². The summed E-state index contributed by atoms with van der Waals surface area (Å²) in [6, 6.07) is 13.7. The fraction of sp³-hybridized carbons (Fsp3) is 0.235. The van der Waals surface area contributed by atoms with Crippen molar-refractivity contribution in [1.29, 1.82) is 5.26 Å². The topological polar surface area (TPSA) is 27.0 Å². The molecular weight excluding hydrogens is 303 g/mol. The first-order valence-electron chi connectivity index (χ1n) is 6.75. The van der Waals surface area contributed by atoms with Crippen LogP contribution in [0.15, 0.2) is 36.4 Å². The molecule has 1 heterocycles. The van der Waals surface area contributed by atoms with E-state index in [9.17, 15) is 0 Å². The van der Waals surface area contributed by atoms with E-state index in [-0.39, 0.29) is 5.92 Å². The van der Waals surface area contributed by atoms with Crippen molar-refractivity contribution in [3.8, 4) is 6.07 Å². The molecule has 0 saturated heterocycles. The van der Waals surface area contributed by atoms with Gasteiger partial charge in [-0.3, -0.25) is 0 Å². The summed E-state index contributed by atoms with van der Waals surface area (Å²) in [6.45, 7) is 1.71. The molecule has 106 valence electrons. The van der Waals surface area contributed by atoms with Crippen LogP contribution in [0.1, 0.15) is 28.2 Å². The smallest absolute Gasteiger partial charge is 0.0991 e. The third-order valence-electron chi connectivity index (χ3n) is 3.91. The molecule has 2 aromatic carbocycles. The third-order valence-corrected chi connectivity index (χ3v) is 4.47. The van der Waals surface area contributed by atoms with Crippen LogP contribution in [0.25, 0.3) is 0 Å². The average molecular weight is 317 g/mol. The molecule has 0 unspecified atom stereocenters. The SMILES string of the molecule is CN1Cc2c(Cl)cc(Cl)cc2[C@H](c2cccc(C#N)c2)C1. The van der Waals surface area contributed by atoms with Gasteiger partial charge in [0.25, 0.3) is 0 Å². The van der Waals surface area contributed by atoms with Crippen LogP contribution < -0.4 is 0 Å². The number of nitriles is 1. The van der Waals surface area contributed by atoms with Crippen molar-refractivity contribution in [2.45, 2.75) is 12.5 Å². The molecule has 1 aliphatic rings. The molecular formula is C17H14Cl2N2. The first-order valence-corrected chi connectivity index (χ1v) is 7.50. The normalized spacial score (nSPS) is 18.1. The van der Waals surface area contributed by atoms with E-state index in [0.717, 1.165) is 24.2 Å². The average Bonchev–Trinajstić information content (AvgIpc) is 2.47. The number of benzene rings is 2. The van der Waals surface area contributed by atoms with E-state index < -0.39 is 0 Å². The summed E-state index contributed by atoms with van der Waals surface area (Å²) in [5.74, 6) is 0.184. The molecule has 0 aliphatic carbocycles. The Morgan fingerprint density at radius 3 is 2.81 bits per heavy atom. The summed E-state index contributed by atoms with van der Waals surface area (Å²) in [5.41, 5.74) is 4.10. The van der Waals surface area contributed by atoms with E-state index in [1.807, 2.05) is 24.3 Å². The lowest BCUT2D eigenvalue weighted by molar-refractivity contribution is 0.295. The molecule has 0 N–H and O–H groups in total. The number of hydrogen-bond acceptors (Lipinski definition) is 2. The van der Waals surface area contributed by atoms with Crippen LogP contribution in [0, 0.1) is 11.3 Å². The molecule has 0 radical (unpaired) electrons. The van der Waals surface area contributed by atoms with Gasteiger partial charge in [0.1, 0.15) is 0 Å². The van der Waals surface area contributed by atoms with E-state index in [4.69, 9.17) is 28.5 Å². The lowest BCUT2D eigenvalue weighted by Gasteiger charge is -2.33. The zero-order valence-electron chi connectivity index (χ0n) is 11.6. The standard InChI is InChI=1S/C17H14Cl2N2/c1-21-9-15(12-4-2-3-11(5-12)8-20)14-6-13(18)7-17(19)16(14)10-21/h2-7,15H,9-10H2,1H3/t15-/m0/s1. The summed E-state index contributed by atoms with van der Waals surface area (Å²) >= 11 is 12.5. The Morgan fingerprint density at radius 2 is 2.05 bits per heavy atom. The van der Waals surface area contributed by atoms with E-state index in [0.29, 0.717) is 15.6 Å². The highest BCUT2D eigenvalue weighted by molar-refractivity contribution is 6.35. The quantitative estimate of drug-likeness (QED) is 0.777. The van der Waals surface area contributed by atoms with Gasteiger partial charge in [0.2, 0.25) is 0 Å². The molecule has 0 spiro atoms. The molecule has 3 rings (SSSR count). The van der Waals surface area contributed by atoms with Crippen LogP contribution in [0.2, 0.25) is 10.0 Å². The largest absolute Gasteiger partial charge is 0.301 e. The van der Waals surface area contributed by atoms with Gasteiger partial charge in [-0.05, 0) is 48.0 Å². The maximum Gasteiger partial charge on any atom is 0.0991 e. The number of halogens is 2. The zero-order chi connectivity index (χ0) is 15.0. The third kappa shape index (κ3) is 2.78. The van der Waals surface area contributed by atoms with Gasteiger partial charge >= 0.3 is 0 Å². The van der Waals surface area contributed by atoms with Crippen LogP contribution in [-0.2, 0) is 6.54 Å². The second-order valence-electron chi connectivity index (χ2n) is 5.44. The first kappa shape index (κ1) is 14.4. The van der Waals surface area contributed by atoms with Crippen LogP contribution in [-0.4, -0.2) is 18.5 Å². The Hall–Kier alpha value is -1.53. The molecule has 1 aliphatic heterocycles. The Labute approximate surface area is 134 Å². The molecule has 0 aromatic heterocycles. The molecule has 0 fully saturated rings. The van der Waals surface area contributed by atoms with Crippen molar-refractivity contribution >= 4 is 23.2 Å². The predicted molar refractivity (Wildman–Crippen MR) is 85.8 cm³/mol. The molecule has 0 amide bonds. The Bertz CT molecular complexity index is 734. The number of fused-ring (bicyclic) bond motifs is 1. The summed E-state index contributed by atoms with van der Waals surface area (Å²) in [5, 5.41) is 10.5. The fourth-order valence-corrected chi connectivity index (χ4v) is 3.52. The highest BCUT2D eigenvalue weighted by Crippen LogP contribution is 2.38. The van der Waals surface area contributed by atoms with Crippen LogP contribution in [0.5, 0.6) is 0 Å². The Morgan fingerprint density at radius 1 is 1.24 bits per heavy atom. The van der Waals surface area contributed by atoms with Gasteiger partial charge < -0.3 is 4.90 Å². The second-order valence-corrected chi connectivity index (χ2v) is 6.29. The molecule has 2 aromatic rings. The number of rotatable bonds is 1. The van der Waals surface area contributed by atoms with Gasteiger partial charge in [-0.25, -0.2) is 0 Å². The van der Waals surface area contributed by atoms with Crippen LogP contribution in [0.3, 0.4) is 0 Å². The molecule has 1 atom stereocenters. The number of hydrogen-bond donors (Lipinski definition) is 0. The van der Waals surface area contributed by atoms with E-state index in [1.165, 1.54) is 5.56 Å². The van der Waals surface area contributed by atoms with Gasteiger partial charge in [-0.2, -0.15) is 5.26 Å². The van der Waals surface area contributed by atoms with E-state index >= 15 is 0 Å². The summed E-state index contributed by atoms with van der Waals surface area (Å²) < 4.78 is 0. The summed E-state index contributed by atoms with van der Waals surface area (Å²) in [6.07, 6.45) is 0. The predicted octanol–water partition coefficient (Wildman–Crippen LogP) is 4.44. The van der Waals surface area contributed by atoms with Gasteiger partial charge in [-0.15, -0.1) is 0 Å². The van der Waals surface area contributed by atoms with Gasteiger partial charge in [0.15, 0.2) is 0 Å². The molecule has 0 saturated carbocycles. The van der Waals surface area contributed by atoms with E-state index in [2.05, 4.69) is 24.1 Å².